The standard InChI is InChI=1S/C18H17N7O/c26-18(13-5-3-6-14(11-13)25-12-20-23-24-25)19-10-4-9-17-21-15-7-1-2-8-16(15)22-17/h1-3,5-8,11-12H,4,9-10H2,(H,19,26)(H,21,22). The molecule has 0 saturated carbocycles. The molecule has 0 spiro atoms. The second kappa shape index (κ2) is 7.14. The van der Waals surface area contributed by atoms with Crippen molar-refractivity contribution in [1.82, 2.24) is 35.5 Å². The first-order valence-corrected chi connectivity index (χ1v) is 8.35. The van der Waals surface area contributed by atoms with Gasteiger partial charge >= 0.3 is 0 Å². The quantitative estimate of drug-likeness (QED) is 0.519. The zero-order valence-corrected chi connectivity index (χ0v) is 14.0. The van der Waals surface area contributed by atoms with E-state index < -0.39 is 0 Å². The van der Waals surface area contributed by atoms with Crippen molar-refractivity contribution in [1.29, 1.82) is 0 Å². The first-order valence-electron chi connectivity index (χ1n) is 8.35. The van der Waals surface area contributed by atoms with Crippen LogP contribution in [-0.2, 0) is 6.42 Å². The molecule has 0 atom stereocenters. The Bertz CT molecular complexity index is 990. The number of rotatable bonds is 6. The van der Waals surface area contributed by atoms with Gasteiger partial charge in [-0.2, -0.15) is 0 Å². The van der Waals surface area contributed by atoms with Crippen LogP contribution in [0, 0.1) is 0 Å². The van der Waals surface area contributed by atoms with Crippen molar-refractivity contribution in [2.45, 2.75) is 12.8 Å². The van der Waals surface area contributed by atoms with Crippen LogP contribution in [0.5, 0.6) is 0 Å². The number of aromatic nitrogens is 6. The van der Waals surface area contributed by atoms with Gasteiger partial charge in [0.2, 0.25) is 0 Å². The molecule has 0 aliphatic heterocycles. The Morgan fingerprint density at radius 3 is 2.92 bits per heavy atom. The third-order valence-electron chi connectivity index (χ3n) is 4.04. The monoisotopic (exact) mass is 347 g/mol. The van der Waals surface area contributed by atoms with Crippen LogP contribution in [0.15, 0.2) is 54.9 Å². The zero-order valence-electron chi connectivity index (χ0n) is 14.0. The lowest BCUT2D eigenvalue weighted by Crippen LogP contribution is -2.25. The van der Waals surface area contributed by atoms with Gasteiger partial charge in [-0.1, -0.05) is 18.2 Å². The molecule has 0 saturated heterocycles. The molecule has 2 heterocycles. The minimum atomic E-state index is -0.121. The highest BCUT2D eigenvalue weighted by Gasteiger charge is 2.08. The van der Waals surface area contributed by atoms with Gasteiger partial charge < -0.3 is 10.3 Å². The fourth-order valence-corrected chi connectivity index (χ4v) is 2.75. The lowest BCUT2D eigenvalue weighted by atomic mass is 10.2. The molecule has 2 aromatic heterocycles. The van der Waals surface area contributed by atoms with E-state index in [4.69, 9.17) is 0 Å². The molecule has 2 N–H and O–H groups in total. The zero-order chi connectivity index (χ0) is 17.8. The molecular weight excluding hydrogens is 330 g/mol. The summed E-state index contributed by atoms with van der Waals surface area (Å²) in [6, 6.07) is 15.1. The number of benzene rings is 2. The molecule has 0 aliphatic carbocycles. The molecule has 4 rings (SSSR count). The number of fused-ring (bicyclic) bond motifs is 1. The minimum absolute atomic E-state index is 0.121. The van der Waals surface area contributed by atoms with Gasteiger partial charge in [-0.05, 0) is 47.2 Å². The highest BCUT2D eigenvalue weighted by atomic mass is 16.1. The second-order valence-corrected chi connectivity index (χ2v) is 5.86. The Morgan fingerprint density at radius 1 is 1.15 bits per heavy atom. The number of nitrogens with one attached hydrogen (secondary N) is 2. The van der Waals surface area contributed by atoms with Crippen molar-refractivity contribution < 1.29 is 4.79 Å². The van der Waals surface area contributed by atoms with Crippen LogP contribution in [0.25, 0.3) is 16.7 Å². The Kier molecular flexibility index (Phi) is 4.38. The summed E-state index contributed by atoms with van der Waals surface area (Å²) < 4.78 is 1.51. The summed E-state index contributed by atoms with van der Waals surface area (Å²) in [5.41, 5.74) is 3.31. The number of aryl methyl sites for hydroxylation is 1. The number of hydrogen-bond donors (Lipinski definition) is 2. The summed E-state index contributed by atoms with van der Waals surface area (Å²) in [7, 11) is 0. The fraction of sp³-hybridized carbons (Fsp3) is 0.167. The van der Waals surface area contributed by atoms with E-state index >= 15 is 0 Å². The third kappa shape index (κ3) is 3.44. The fourth-order valence-electron chi connectivity index (χ4n) is 2.75. The van der Waals surface area contributed by atoms with Crippen molar-refractivity contribution in [3.63, 3.8) is 0 Å². The number of para-hydroxylation sites is 2. The lowest BCUT2D eigenvalue weighted by Gasteiger charge is -2.06. The van der Waals surface area contributed by atoms with Crippen LogP contribution in [0.1, 0.15) is 22.6 Å². The maximum Gasteiger partial charge on any atom is 0.251 e. The van der Waals surface area contributed by atoms with Crippen molar-refractivity contribution >= 4 is 16.9 Å². The van der Waals surface area contributed by atoms with Gasteiger partial charge in [-0.15, -0.1) is 5.10 Å². The molecule has 0 radical (unpaired) electrons. The Labute approximate surface area is 149 Å². The van der Waals surface area contributed by atoms with Gasteiger partial charge in [0.25, 0.3) is 5.91 Å². The smallest absolute Gasteiger partial charge is 0.251 e. The molecule has 8 nitrogen and oxygen atoms in total. The SMILES string of the molecule is O=C(NCCCc1nc2ccccc2[nH]1)c1cccc(-n2cnnn2)c1. The maximum absolute atomic E-state index is 12.3. The highest BCUT2D eigenvalue weighted by molar-refractivity contribution is 5.94. The van der Waals surface area contributed by atoms with Crippen LogP contribution < -0.4 is 5.32 Å². The van der Waals surface area contributed by atoms with E-state index in [1.54, 1.807) is 18.2 Å². The van der Waals surface area contributed by atoms with Crippen LogP contribution in [-0.4, -0.2) is 42.6 Å². The van der Waals surface area contributed by atoms with Gasteiger partial charge in [0, 0.05) is 18.5 Å². The number of tetrazole rings is 1. The van der Waals surface area contributed by atoms with E-state index in [0.29, 0.717) is 12.1 Å². The molecule has 0 unspecified atom stereocenters. The normalized spacial score (nSPS) is 10.9. The number of amides is 1. The van der Waals surface area contributed by atoms with Gasteiger partial charge in [0.05, 0.1) is 16.7 Å². The predicted octanol–water partition coefficient (Wildman–Crippen LogP) is 1.90. The Hall–Kier alpha value is -3.55. The summed E-state index contributed by atoms with van der Waals surface area (Å²) in [4.78, 5) is 20.2. The molecule has 8 heteroatoms. The van der Waals surface area contributed by atoms with Crippen molar-refractivity contribution in [2.24, 2.45) is 0 Å². The van der Waals surface area contributed by atoms with Crippen molar-refractivity contribution in [3.05, 3.63) is 66.2 Å². The van der Waals surface area contributed by atoms with E-state index in [9.17, 15) is 4.79 Å². The van der Waals surface area contributed by atoms with Gasteiger partial charge in [-0.25, -0.2) is 9.67 Å². The van der Waals surface area contributed by atoms with Crippen LogP contribution in [0.4, 0.5) is 0 Å². The Balaban J connectivity index is 1.32. The van der Waals surface area contributed by atoms with Crippen molar-refractivity contribution in [3.8, 4) is 5.69 Å². The first kappa shape index (κ1) is 15.9. The molecule has 4 aromatic rings. The third-order valence-corrected chi connectivity index (χ3v) is 4.04. The molecule has 0 aliphatic rings. The minimum Gasteiger partial charge on any atom is -0.352 e. The van der Waals surface area contributed by atoms with Crippen molar-refractivity contribution in [2.75, 3.05) is 6.54 Å². The van der Waals surface area contributed by atoms with Gasteiger partial charge in [0.1, 0.15) is 12.2 Å². The average molecular weight is 347 g/mol. The Morgan fingerprint density at radius 2 is 2.08 bits per heavy atom. The number of imidazole rings is 1. The molecule has 2 aromatic carbocycles. The van der Waals surface area contributed by atoms with Crippen LogP contribution >= 0.6 is 0 Å². The molecule has 0 fully saturated rings. The van der Waals surface area contributed by atoms with E-state index in [0.717, 1.165) is 35.4 Å². The molecule has 1 amide bonds. The lowest BCUT2D eigenvalue weighted by molar-refractivity contribution is 0.0953. The molecule has 26 heavy (non-hydrogen) atoms. The maximum atomic E-state index is 12.3. The molecule has 130 valence electrons. The number of aromatic amines is 1. The van der Waals surface area contributed by atoms with E-state index in [1.807, 2.05) is 30.3 Å². The summed E-state index contributed by atoms with van der Waals surface area (Å²) in [6.07, 6.45) is 3.07. The summed E-state index contributed by atoms with van der Waals surface area (Å²) >= 11 is 0. The predicted molar refractivity (Wildman–Crippen MR) is 95.9 cm³/mol. The molecule has 0 bridgehead atoms. The number of carbonyl (C=O) groups is 1. The van der Waals surface area contributed by atoms with E-state index in [1.165, 1.54) is 11.0 Å². The number of H-pyrrole nitrogens is 1. The van der Waals surface area contributed by atoms with Gasteiger partial charge in [0.15, 0.2) is 0 Å². The van der Waals surface area contributed by atoms with Crippen LogP contribution in [0.2, 0.25) is 0 Å². The second-order valence-electron chi connectivity index (χ2n) is 5.86. The summed E-state index contributed by atoms with van der Waals surface area (Å²) in [6.45, 7) is 0.574. The van der Waals surface area contributed by atoms with Gasteiger partial charge in [-0.3, -0.25) is 4.79 Å². The summed E-state index contributed by atoms with van der Waals surface area (Å²) in [5.74, 6) is 0.811. The van der Waals surface area contributed by atoms with E-state index in [2.05, 4.69) is 30.8 Å². The van der Waals surface area contributed by atoms with Crippen LogP contribution in [0.3, 0.4) is 0 Å². The number of hydrogen-bond acceptors (Lipinski definition) is 5. The summed E-state index contributed by atoms with van der Waals surface area (Å²) in [5, 5.41) is 14.0. The number of carbonyl (C=O) groups excluding carboxylic acids is 1. The first-order chi connectivity index (χ1) is 12.8. The largest absolute Gasteiger partial charge is 0.352 e. The number of nitrogens with zero attached hydrogens (tertiary/aromatic N) is 5. The topological polar surface area (TPSA) is 101 Å². The van der Waals surface area contributed by atoms with E-state index in [-0.39, 0.29) is 5.91 Å². The average Bonchev–Trinajstić information content (AvgIpc) is 3.34. The highest BCUT2D eigenvalue weighted by Crippen LogP contribution is 2.11. The molecular formula is C18H17N7O.